The molecule has 0 aromatic rings. The van der Waals surface area contributed by atoms with E-state index in [2.05, 4.69) is 33.8 Å². The molecule has 0 unspecified atom stereocenters. The monoisotopic (exact) mass is 318 g/mol. The van der Waals surface area contributed by atoms with E-state index in [0.717, 1.165) is 31.3 Å². The van der Waals surface area contributed by atoms with E-state index in [1.807, 2.05) is 6.92 Å². The van der Waals surface area contributed by atoms with E-state index < -0.39 is 5.97 Å². The van der Waals surface area contributed by atoms with Gasteiger partial charge in [0.1, 0.15) is 5.78 Å². The molecule has 2 aliphatic carbocycles. The smallest absolute Gasteiger partial charge is 0.328 e. The quantitative estimate of drug-likeness (QED) is 0.600. The van der Waals surface area contributed by atoms with E-state index in [1.54, 1.807) is 0 Å². The molecule has 0 saturated heterocycles. The Labute approximate surface area is 139 Å². The van der Waals surface area contributed by atoms with Crippen molar-refractivity contribution in [1.82, 2.24) is 0 Å². The van der Waals surface area contributed by atoms with E-state index in [-0.39, 0.29) is 10.8 Å². The van der Waals surface area contributed by atoms with Gasteiger partial charge in [0, 0.05) is 17.9 Å². The maximum Gasteiger partial charge on any atom is 0.328 e. The van der Waals surface area contributed by atoms with Gasteiger partial charge in [0.2, 0.25) is 0 Å². The fourth-order valence-corrected chi connectivity index (χ4v) is 5.06. The van der Waals surface area contributed by atoms with Crippen LogP contribution in [0.3, 0.4) is 0 Å². The number of Topliss-reactive ketones (excluding diaryl/α,β-unsaturated/α-hetero) is 1. The molecule has 2 aliphatic rings. The number of allylic oxidation sites excluding steroid dienone is 3. The molecule has 1 N–H and O–H groups in total. The Morgan fingerprint density at radius 1 is 1.39 bits per heavy atom. The summed E-state index contributed by atoms with van der Waals surface area (Å²) in [5.41, 5.74) is 2.22. The standard InChI is InChI=1S/C20H30O3/c1-13(12-18(22)23)6-8-15-14(2)7-9-16-19(3,4)17(21)10-11-20(15,16)5/h7,12,15-16H,6,8-11H2,1-5H3,(H,22,23)/b13-12-/t15-,16+,20-/m1/s1. The summed E-state index contributed by atoms with van der Waals surface area (Å²) in [5.74, 6) is 0.347. The summed E-state index contributed by atoms with van der Waals surface area (Å²) in [5, 5.41) is 8.88. The van der Waals surface area contributed by atoms with Gasteiger partial charge >= 0.3 is 5.97 Å². The van der Waals surface area contributed by atoms with Gasteiger partial charge in [-0.25, -0.2) is 4.79 Å². The minimum atomic E-state index is -0.869. The van der Waals surface area contributed by atoms with Crippen LogP contribution in [-0.4, -0.2) is 16.9 Å². The molecule has 128 valence electrons. The molecule has 1 fully saturated rings. The van der Waals surface area contributed by atoms with Gasteiger partial charge in [0.15, 0.2) is 0 Å². The molecular weight excluding hydrogens is 288 g/mol. The van der Waals surface area contributed by atoms with Gasteiger partial charge in [0.05, 0.1) is 0 Å². The molecule has 1 saturated carbocycles. The predicted molar refractivity (Wildman–Crippen MR) is 92.1 cm³/mol. The number of rotatable bonds is 4. The number of hydrogen-bond donors (Lipinski definition) is 1. The molecular formula is C20H30O3. The van der Waals surface area contributed by atoms with Crippen molar-refractivity contribution in [2.75, 3.05) is 0 Å². The third-order valence-corrected chi connectivity index (χ3v) is 6.50. The zero-order valence-corrected chi connectivity index (χ0v) is 15.1. The normalized spacial score (nSPS) is 33.9. The summed E-state index contributed by atoms with van der Waals surface area (Å²) in [4.78, 5) is 23.2. The number of fused-ring (bicyclic) bond motifs is 1. The van der Waals surface area contributed by atoms with Crippen LogP contribution in [0.4, 0.5) is 0 Å². The third-order valence-electron chi connectivity index (χ3n) is 6.50. The number of aliphatic carboxylic acids is 1. The Morgan fingerprint density at radius 2 is 2.04 bits per heavy atom. The van der Waals surface area contributed by atoms with Crippen molar-refractivity contribution in [2.45, 2.75) is 66.7 Å². The van der Waals surface area contributed by atoms with Crippen LogP contribution < -0.4 is 0 Å². The summed E-state index contributed by atoms with van der Waals surface area (Å²) < 4.78 is 0. The number of hydrogen-bond acceptors (Lipinski definition) is 2. The van der Waals surface area contributed by atoms with Crippen molar-refractivity contribution >= 4 is 11.8 Å². The zero-order valence-electron chi connectivity index (χ0n) is 15.1. The van der Waals surface area contributed by atoms with E-state index in [0.29, 0.717) is 24.0 Å². The average molecular weight is 318 g/mol. The van der Waals surface area contributed by atoms with E-state index >= 15 is 0 Å². The first-order valence-corrected chi connectivity index (χ1v) is 8.69. The summed E-state index contributed by atoms with van der Waals surface area (Å²) in [6, 6.07) is 0. The lowest BCUT2D eigenvalue weighted by Gasteiger charge is -2.56. The van der Waals surface area contributed by atoms with Crippen molar-refractivity contribution in [1.29, 1.82) is 0 Å². The number of ketones is 1. The summed E-state index contributed by atoms with van der Waals surface area (Å²) in [6.45, 7) is 10.7. The first-order chi connectivity index (χ1) is 10.6. The Bertz CT molecular complexity index is 567. The topological polar surface area (TPSA) is 54.4 Å². The van der Waals surface area contributed by atoms with Crippen LogP contribution in [-0.2, 0) is 9.59 Å². The van der Waals surface area contributed by atoms with Gasteiger partial charge in [0.25, 0.3) is 0 Å². The highest BCUT2D eigenvalue weighted by Crippen LogP contribution is 2.59. The molecule has 3 atom stereocenters. The SMILES string of the molecule is CC1=CC[C@H]2C(C)(C)C(=O)CC[C@]2(C)[C@@H]1CC/C(C)=C\C(=O)O. The van der Waals surface area contributed by atoms with E-state index in [1.165, 1.54) is 11.6 Å². The van der Waals surface area contributed by atoms with Gasteiger partial charge in [-0.3, -0.25) is 4.79 Å². The fraction of sp³-hybridized carbons (Fsp3) is 0.700. The molecule has 0 amide bonds. The Hall–Kier alpha value is -1.38. The summed E-state index contributed by atoms with van der Waals surface area (Å²) in [7, 11) is 0. The van der Waals surface area contributed by atoms with Crippen molar-refractivity contribution in [3.05, 3.63) is 23.3 Å². The molecule has 0 spiro atoms. The lowest BCUT2D eigenvalue weighted by Crippen LogP contribution is -2.52. The van der Waals surface area contributed by atoms with Crippen molar-refractivity contribution in [3.63, 3.8) is 0 Å². The maximum atomic E-state index is 12.4. The molecule has 0 radical (unpaired) electrons. The average Bonchev–Trinajstić information content (AvgIpc) is 2.42. The molecule has 0 aromatic carbocycles. The second-order valence-corrected chi connectivity index (χ2v) is 8.31. The van der Waals surface area contributed by atoms with Crippen LogP contribution in [0, 0.1) is 22.7 Å². The number of carbonyl (C=O) groups is 2. The summed E-state index contributed by atoms with van der Waals surface area (Å²) >= 11 is 0. The molecule has 23 heavy (non-hydrogen) atoms. The number of carbonyl (C=O) groups excluding carboxylic acids is 1. The van der Waals surface area contributed by atoms with Crippen LogP contribution in [0.25, 0.3) is 0 Å². The van der Waals surface area contributed by atoms with Gasteiger partial charge in [-0.2, -0.15) is 0 Å². The second-order valence-electron chi connectivity index (χ2n) is 8.31. The van der Waals surface area contributed by atoms with Crippen molar-refractivity contribution < 1.29 is 14.7 Å². The molecule has 0 aromatic heterocycles. The lowest BCUT2D eigenvalue weighted by atomic mass is 9.48. The van der Waals surface area contributed by atoms with E-state index in [9.17, 15) is 9.59 Å². The Kier molecular flexibility index (Phi) is 4.89. The maximum absolute atomic E-state index is 12.4. The lowest BCUT2D eigenvalue weighted by molar-refractivity contribution is -0.143. The zero-order chi connectivity index (χ0) is 17.4. The molecule has 0 bridgehead atoms. The molecule has 3 heteroatoms. The van der Waals surface area contributed by atoms with Crippen molar-refractivity contribution in [2.24, 2.45) is 22.7 Å². The second kappa shape index (κ2) is 6.26. The minimum absolute atomic E-state index is 0.139. The third kappa shape index (κ3) is 3.29. The van der Waals surface area contributed by atoms with Gasteiger partial charge in [-0.15, -0.1) is 0 Å². The first-order valence-electron chi connectivity index (χ1n) is 8.69. The molecule has 2 rings (SSSR count). The highest BCUT2D eigenvalue weighted by atomic mass is 16.4. The van der Waals surface area contributed by atoms with Crippen LogP contribution >= 0.6 is 0 Å². The van der Waals surface area contributed by atoms with Gasteiger partial charge in [-0.1, -0.05) is 38.0 Å². The summed E-state index contributed by atoms with van der Waals surface area (Å²) in [6.07, 6.45) is 8.02. The van der Waals surface area contributed by atoms with Crippen molar-refractivity contribution in [3.8, 4) is 0 Å². The highest BCUT2D eigenvalue weighted by molar-refractivity contribution is 5.85. The Balaban J connectivity index is 2.25. The molecule has 0 heterocycles. The van der Waals surface area contributed by atoms with Crippen LogP contribution in [0.2, 0.25) is 0 Å². The number of carboxylic acids is 1. The van der Waals surface area contributed by atoms with Crippen LogP contribution in [0.15, 0.2) is 23.3 Å². The minimum Gasteiger partial charge on any atom is -0.478 e. The predicted octanol–water partition coefficient (Wildman–Crippen LogP) is 4.78. The van der Waals surface area contributed by atoms with Gasteiger partial charge < -0.3 is 5.11 Å². The Morgan fingerprint density at radius 3 is 2.65 bits per heavy atom. The van der Waals surface area contributed by atoms with Gasteiger partial charge in [-0.05, 0) is 56.8 Å². The van der Waals surface area contributed by atoms with E-state index in [4.69, 9.17) is 5.11 Å². The van der Waals surface area contributed by atoms with Crippen LogP contribution in [0.1, 0.15) is 66.7 Å². The first kappa shape index (κ1) is 18.0. The fourth-order valence-electron chi connectivity index (χ4n) is 5.06. The van der Waals surface area contributed by atoms with Crippen LogP contribution in [0.5, 0.6) is 0 Å². The molecule has 0 aliphatic heterocycles. The largest absolute Gasteiger partial charge is 0.478 e. The number of carboxylic acid groups (broad SMARTS) is 1. The molecule has 3 nitrogen and oxygen atoms in total. The highest BCUT2D eigenvalue weighted by Gasteiger charge is 2.54.